The number of alkyl halides is 3. The molecule has 9 heteroatoms. The molecule has 0 atom stereocenters. The third kappa shape index (κ3) is 6.52. The van der Waals surface area contributed by atoms with Crippen molar-refractivity contribution in [1.29, 1.82) is 0 Å². The number of benzene rings is 2. The third-order valence-electron chi connectivity index (χ3n) is 6.99. The summed E-state index contributed by atoms with van der Waals surface area (Å²) in [6.45, 7) is 9.98. The van der Waals surface area contributed by atoms with Gasteiger partial charge in [0.25, 0.3) is 0 Å². The van der Waals surface area contributed by atoms with Gasteiger partial charge < -0.3 is 14.7 Å². The van der Waals surface area contributed by atoms with Crippen LogP contribution in [-0.4, -0.2) is 34.0 Å². The molecular weight excluding hydrogens is 507 g/mol. The second-order valence-electron chi connectivity index (χ2n) is 11.1. The van der Waals surface area contributed by atoms with Crippen molar-refractivity contribution in [2.24, 2.45) is 0 Å². The highest BCUT2D eigenvalue weighted by Crippen LogP contribution is 2.37. The predicted molar refractivity (Wildman–Crippen MR) is 143 cm³/mol. The largest absolute Gasteiger partial charge is 0.416 e. The minimum Gasteiger partial charge on any atom is -0.361 e. The number of fused-ring (bicyclic) bond motifs is 1. The molecule has 1 aliphatic heterocycles. The molecule has 1 aliphatic rings. The molecule has 1 aromatic heterocycles. The lowest BCUT2D eigenvalue weighted by Crippen LogP contribution is -2.50. The van der Waals surface area contributed by atoms with Crippen molar-refractivity contribution >= 4 is 11.8 Å². The Morgan fingerprint density at radius 1 is 1.08 bits per heavy atom. The van der Waals surface area contributed by atoms with Gasteiger partial charge in [-0.05, 0) is 88.3 Å². The number of hydrogen-bond acceptors (Lipinski definition) is 4. The molecule has 3 aromatic rings. The molecule has 0 unspecified atom stereocenters. The number of aryl methyl sites for hydroxylation is 2. The molecule has 208 valence electrons. The molecule has 0 aliphatic carbocycles. The highest BCUT2D eigenvalue weighted by molar-refractivity contribution is 5.99. The fraction of sp³-hybridized carbons (Fsp3) is 0.433. The quantitative estimate of drug-likeness (QED) is 0.340. The van der Waals surface area contributed by atoms with E-state index < -0.39 is 17.3 Å². The predicted octanol–water partition coefficient (Wildman–Crippen LogP) is 7.05. The SMILES string of the molecule is Cc1noc(C)c1CCCC(=O)c1ccc(-c2cccc(C(F)(F)F)c2)c2c1CN(C(=O)NC(C)(C)C)CC2. The summed E-state index contributed by atoms with van der Waals surface area (Å²) in [5.41, 5.74) is 3.74. The van der Waals surface area contributed by atoms with Crippen molar-refractivity contribution in [3.05, 3.63) is 75.7 Å². The molecule has 2 amide bonds. The number of urea groups is 1. The first-order valence-corrected chi connectivity index (χ1v) is 13.1. The molecule has 2 aromatic carbocycles. The Morgan fingerprint density at radius 3 is 2.46 bits per heavy atom. The molecule has 6 nitrogen and oxygen atoms in total. The lowest BCUT2D eigenvalue weighted by Gasteiger charge is -2.34. The second-order valence-corrected chi connectivity index (χ2v) is 11.1. The zero-order chi connectivity index (χ0) is 28.5. The minimum atomic E-state index is -4.46. The van der Waals surface area contributed by atoms with E-state index in [1.54, 1.807) is 23.1 Å². The minimum absolute atomic E-state index is 0.0633. The van der Waals surface area contributed by atoms with E-state index in [0.717, 1.165) is 34.7 Å². The number of Topliss-reactive ketones (excluding diaryl/α,β-unsaturated/α-hetero) is 1. The molecular formula is C30H34F3N3O3. The van der Waals surface area contributed by atoms with Crippen LogP contribution in [0, 0.1) is 13.8 Å². The van der Waals surface area contributed by atoms with E-state index in [2.05, 4.69) is 10.5 Å². The molecule has 2 heterocycles. The van der Waals surface area contributed by atoms with Crippen LogP contribution in [0.3, 0.4) is 0 Å². The normalized spacial score (nSPS) is 13.8. The van der Waals surface area contributed by atoms with Gasteiger partial charge in [-0.25, -0.2) is 4.79 Å². The maximum Gasteiger partial charge on any atom is 0.416 e. The van der Waals surface area contributed by atoms with Gasteiger partial charge in [0, 0.05) is 36.2 Å². The Kier molecular flexibility index (Phi) is 7.91. The smallest absolute Gasteiger partial charge is 0.361 e. The number of halogens is 3. The summed E-state index contributed by atoms with van der Waals surface area (Å²) in [4.78, 5) is 28.1. The van der Waals surface area contributed by atoms with E-state index in [4.69, 9.17) is 4.52 Å². The number of carbonyl (C=O) groups excluding carboxylic acids is 2. The second kappa shape index (κ2) is 10.9. The molecule has 0 radical (unpaired) electrons. The van der Waals surface area contributed by atoms with Gasteiger partial charge in [-0.2, -0.15) is 13.2 Å². The topological polar surface area (TPSA) is 75.4 Å². The summed E-state index contributed by atoms with van der Waals surface area (Å²) in [5, 5.41) is 6.93. The number of amides is 2. The Labute approximate surface area is 226 Å². The zero-order valence-corrected chi connectivity index (χ0v) is 23.0. The average molecular weight is 542 g/mol. The molecule has 39 heavy (non-hydrogen) atoms. The maximum atomic E-state index is 13.4. The summed E-state index contributed by atoms with van der Waals surface area (Å²) in [6, 6.07) is 8.41. The summed E-state index contributed by atoms with van der Waals surface area (Å²) in [5.74, 6) is 0.676. The van der Waals surface area contributed by atoms with Crippen LogP contribution in [0.4, 0.5) is 18.0 Å². The number of rotatable bonds is 6. The van der Waals surface area contributed by atoms with E-state index in [9.17, 15) is 22.8 Å². The fourth-order valence-corrected chi connectivity index (χ4v) is 5.06. The summed E-state index contributed by atoms with van der Waals surface area (Å²) in [7, 11) is 0. The first-order valence-electron chi connectivity index (χ1n) is 13.1. The van der Waals surface area contributed by atoms with Crippen LogP contribution >= 0.6 is 0 Å². The molecule has 0 spiro atoms. The van der Waals surface area contributed by atoms with Gasteiger partial charge in [-0.1, -0.05) is 29.4 Å². The van der Waals surface area contributed by atoms with Gasteiger partial charge in [0.2, 0.25) is 0 Å². The van der Waals surface area contributed by atoms with Gasteiger partial charge in [0.15, 0.2) is 5.78 Å². The van der Waals surface area contributed by atoms with Gasteiger partial charge in [-0.3, -0.25) is 4.79 Å². The first-order chi connectivity index (χ1) is 18.2. The molecule has 4 rings (SSSR count). The maximum absolute atomic E-state index is 13.4. The Bertz CT molecular complexity index is 1370. The van der Waals surface area contributed by atoms with Crippen LogP contribution in [0.25, 0.3) is 11.1 Å². The standard InChI is InChI=1S/C30H34F3N3O3/c1-18-22(19(2)39-35-18)10-7-11-27(37)25-13-12-23(20-8-6-9-21(16-20)30(31,32)33)24-14-15-36(17-26(24)25)28(38)34-29(3,4)5/h6,8-9,12-13,16H,7,10-11,14-15,17H2,1-5H3,(H,34,38). The highest BCUT2D eigenvalue weighted by atomic mass is 19.4. The number of carbonyl (C=O) groups is 2. The number of nitrogens with one attached hydrogen (secondary N) is 1. The zero-order valence-electron chi connectivity index (χ0n) is 23.0. The van der Waals surface area contributed by atoms with Gasteiger partial charge in [-0.15, -0.1) is 0 Å². The van der Waals surface area contributed by atoms with Crippen LogP contribution in [0.2, 0.25) is 0 Å². The van der Waals surface area contributed by atoms with Crippen molar-refractivity contribution in [2.45, 2.75) is 78.6 Å². The molecule has 0 saturated heterocycles. The fourth-order valence-electron chi connectivity index (χ4n) is 5.06. The molecule has 1 N–H and O–H groups in total. The van der Waals surface area contributed by atoms with Crippen molar-refractivity contribution in [1.82, 2.24) is 15.4 Å². The molecule has 0 fully saturated rings. The Balaban J connectivity index is 1.67. The van der Waals surface area contributed by atoms with Crippen LogP contribution in [0.1, 0.15) is 77.7 Å². The van der Waals surface area contributed by atoms with Gasteiger partial charge >= 0.3 is 12.2 Å². The van der Waals surface area contributed by atoms with Crippen molar-refractivity contribution in [3.63, 3.8) is 0 Å². The summed E-state index contributed by atoms with van der Waals surface area (Å²) < 4.78 is 45.5. The number of ketones is 1. The van der Waals surface area contributed by atoms with Gasteiger partial charge in [0.05, 0.1) is 11.3 Å². The lowest BCUT2D eigenvalue weighted by molar-refractivity contribution is -0.137. The number of hydrogen-bond donors (Lipinski definition) is 1. The van der Waals surface area contributed by atoms with Crippen molar-refractivity contribution in [2.75, 3.05) is 6.54 Å². The first kappa shape index (κ1) is 28.4. The number of aromatic nitrogens is 1. The Hall–Kier alpha value is -3.62. The van der Waals surface area contributed by atoms with Gasteiger partial charge in [0.1, 0.15) is 5.76 Å². The van der Waals surface area contributed by atoms with Crippen LogP contribution in [0.5, 0.6) is 0 Å². The Morgan fingerprint density at radius 2 is 1.82 bits per heavy atom. The molecule has 0 bridgehead atoms. The molecule has 0 saturated carbocycles. The van der Waals surface area contributed by atoms with E-state index in [-0.39, 0.29) is 24.8 Å². The third-order valence-corrected chi connectivity index (χ3v) is 6.99. The van der Waals surface area contributed by atoms with Crippen molar-refractivity contribution < 1.29 is 27.3 Å². The van der Waals surface area contributed by atoms with Crippen molar-refractivity contribution in [3.8, 4) is 11.1 Å². The highest BCUT2D eigenvalue weighted by Gasteiger charge is 2.32. The van der Waals surface area contributed by atoms with E-state index in [1.807, 2.05) is 34.6 Å². The van der Waals surface area contributed by atoms with E-state index in [1.165, 1.54) is 6.07 Å². The monoisotopic (exact) mass is 541 g/mol. The summed E-state index contributed by atoms with van der Waals surface area (Å²) >= 11 is 0. The van der Waals surface area contributed by atoms with E-state index in [0.29, 0.717) is 48.1 Å². The van der Waals surface area contributed by atoms with E-state index >= 15 is 0 Å². The van der Waals surface area contributed by atoms with Crippen LogP contribution in [-0.2, 0) is 25.6 Å². The van der Waals surface area contributed by atoms with Crippen LogP contribution < -0.4 is 5.32 Å². The van der Waals surface area contributed by atoms with Crippen LogP contribution in [0.15, 0.2) is 40.9 Å². The lowest BCUT2D eigenvalue weighted by atomic mass is 9.85. The average Bonchev–Trinajstić information content (AvgIpc) is 3.18. The summed E-state index contributed by atoms with van der Waals surface area (Å²) in [6.07, 6.45) is -2.50. The number of nitrogens with zero attached hydrogens (tertiary/aromatic N) is 2.